The van der Waals surface area contributed by atoms with Gasteiger partial charge in [0.05, 0.1) is 5.56 Å². The first-order valence-electron chi connectivity index (χ1n) is 5.89. The van der Waals surface area contributed by atoms with E-state index in [1.807, 2.05) is 30.3 Å². The maximum absolute atomic E-state index is 12.0. The van der Waals surface area contributed by atoms with Crippen molar-refractivity contribution in [3.05, 3.63) is 63.5 Å². The van der Waals surface area contributed by atoms with Crippen LogP contribution in [0.15, 0.2) is 48.8 Å². The highest BCUT2D eigenvalue weighted by atomic mass is 127. The molecule has 2 rings (SSSR count). The Bertz CT molecular complexity index is 619. The summed E-state index contributed by atoms with van der Waals surface area (Å²) in [6, 6.07) is 11.1. The molecule has 0 aliphatic heterocycles. The van der Waals surface area contributed by atoms with Gasteiger partial charge in [0.1, 0.15) is 0 Å². The van der Waals surface area contributed by atoms with Gasteiger partial charge < -0.3 is 5.32 Å². The normalized spacial score (nSPS) is 9.85. The van der Waals surface area contributed by atoms with E-state index in [4.69, 9.17) is 12.2 Å². The van der Waals surface area contributed by atoms with E-state index in [2.05, 4.69) is 38.2 Å². The molecule has 1 amide bonds. The van der Waals surface area contributed by atoms with E-state index in [0.29, 0.717) is 17.2 Å². The van der Waals surface area contributed by atoms with E-state index < -0.39 is 0 Å². The first-order chi connectivity index (χ1) is 9.66. The maximum atomic E-state index is 12.0. The van der Waals surface area contributed by atoms with Crippen LogP contribution in [0.4, 0.5) is 0 Å². The molecule has 0 unspecified atom stereocenters. The van der Waals surface area contributed by atoms with Gasteiger partial charge in [-0.05, 0) is 58.6 Å². The van der Waals surface area contributed by atoms with Crippen LogP contribution in [0.2, 0.25) is 0 Å². The lowest BCUT2D eigenvalue weighted by atomic mass is 10.2. The van der Waals surface area contributed by atoms with Gasteiger partial charge in [-0.3, -0.25) is 15.1 Å². The summed E-state index contributed by atoms with van der Waals surface area (Å²) >= 11 is 7.23. The first kappa shape index (κ1) is 14.9. The second-order valence-corrected chi connectivity index (χ2v) is 5.55. The second kappa shape index (κ2) is 7.30. The van der Waals surface area contributed by atoms with Gasteiger partial charge in [-0.2, -0.15) is 0 Å². The van der Waals surface area contributed by atoms with Gasteiger partial charge >= 0.3 is 0 Å². The number of nitrogens with one attached hydrogen (secondary N) is 2. The van der Waals surface area contributed by atoms with Gasteiger partial charge in [0.15, 0.2) is 5.11 Å². The number of nitrogens with zero attached hydrogens (tertiary/aromatic N) is 1. The number of amides is 1. The van der Waals surface area contributed by atoms with Crippen molar-refractivity contribution >= 4 is 45.8 Å². The van der Waals surface area contributed by atoms with Gasteiger partial charge in [0, 0.05) is 22.5 Å². The average molecular weight is 397 g/mol. The number of aromatic nitrogens is 1. The Labute approximate surface area is 136 Å². The average Bonchev–Trinajstić information content (AvgIpc) is 2.46. The molecular weight excluding hydrogens is 385 g/mol. The number of carbonyl (C=O) groups is 1. The first-order valence-corrected chi connectivity index (χ1v) is 7.38. The summed E-state index contributed by atoms with van der Waals surface area (Å²) < 4.78 is 0.887. The number of carbonyl (C=O) groups excluding carboxylic acids is 1. The SMILES string of the molecule is O=C(NC(=S)NCc1cccnc1)c1ccccc1I. The molecule has 0 fully saturated rings. The molecule has 0 spiro atoms. The molecule has 1 aromatic carbocycles. The summed E-state index contributed by atoms with van der Waals surface area (Å²) in [6.45, 7) is 0.527. The predicted molar refractivity (Wildman–Crippen MR) is 90.3 cm³/mol. The zero-order valence-electron chi connectivity index (χ0n) is 10.5. The highest BCUT2D eigenvalue weighted by Gasteiger charge is 2.10. The number of pyridine rings is 1. The summed E-state index contributed by atoms with van der Waals surface area (Å²) in [5.74, 6) is -0.210. The molecule has 0 bridgehead atoms. The molecule has 0 saturated heterocycles. The molecule has 0 saturated carbocycles. The van der Waals surface area contributed by atoms with Crippen LogP contribution >= 0.6 is 34.8 Å². The second-order valence-electron chi connectivity index (χ2n) is 3.98. The third kappa shape index (κ3) is 4.24. The van der Waals surface area contributed by atoms with Crippen LogP contribution in [0.5, 0.6) is 0 Å². The van der Waals surface area contributed by atoms with Crippen molar-refractivity contribution in [1.82, 2.24) is 15.6 Å². The molecule has 4 nitrogen and oxygen atoms in total. The summed E-state index contributed by atoms with van der Waals surface area (Å²) in [5.41, 5.74) is 1.61. The van der Waals surface area contributed by atoms with Crippen molar-refractivity contribution in [2.75, 3.05) is 0 Å². The molecule has 20 heavy (non-hydrogen) atoms. The Balaban J connectivity index is 1.89. The zero-order chi connectivity index (χ0) is 14.4. The maximum Gasteiger partial charge on any atom is 0.258 e. The number of hydrogen-bond acceptors (Lipinski definition) is 3. The lowest BCUT2D eigenvalue weighted by Gasteiger charge is -2.10. The van der Waals surface area contributed by atoms with Crippen LogP contribution in [-0.4, -0.2) is 16.0 Å². The Morgan fingerprint density at radius 1 is 1.25 bits per heavy atom. The topological polar surface area (TPSA) is 54.0 Å². The molecule has 102 valence electrons. The third-order valence-electron chi connectivity index (χ3n) is 2.52. The van der Waals surface area contributed by atoms with Crippen LogP contribution in [-0.2, 0) is 6.54 Å². The Hall–Kier alpha value is -1.54. The minimum atomic E-state index is -0.210. The standard InChI is InChI=1S/C14H12IN3OS/c15-12-6-2-1-5-11(12)13(19)18-14(20)17-9-10-4-3-7-16-8-10/h1-8H,9H2,(H2,17,18,19,20). The number of thiocarbonyl (C=S) groups is 1. The van der Waals surface area contributed by atoms with Gasteiger partial charge in [0.25, 0.3) is 5.91 Å². The molecule has 0 aliphatic carbocycles. The fourth-order valence-electron chi connectivity index (χ4n) is 1.55. The van der Waals surface area contributed by atoms with Crippen molar-refractivity contribution in [2.24, 2.45) is 0 Å². The molecule has 2 aromatic rings. The number of benzene rings is 1. The third-order valence-corrected chi connectivity index (χ3v) is 3.71. The van der Waals surface area contributed by atoms with Gasteiger partial charge in [-0.1, -0.05) is 18.2 Å². The Morgan fingerprint density at radius 2 is 2.05 bits per heavy atom. The highest BCUT2D eigenvalue weighted by Crippen LogP contribution is 2.10. The van der Waals surface area contributed by atoms with Crippen molar-refractivity contribution in [1.29, 1.82) is 0 Å². The fraction of sp³-hybridized carbons (Fsp3) is 0.0714. The molecule has 6 heteroatoms. The largest absolute Gasteiger partial charge is 0.358 e. The van der Waals surface area contributed by atoms with E-state index >= 15 is 0 Å². The van der Waals surface area contributed by atoms with Crippen molar-refractivity contribution < 1.29 is 4.79 Å². The number of rotatable bonds is 3. The highest BCUT2D eigenvalue weighted by molar-refractivity contribution is 14.1. The summed E-state index contributed by atoms with van der Waals surface area (Å²) in [5, 5.41) is 5.94. The minimum Gasteiger partial charge on any atom is -0.358 e. The van der Waals surface area contributed by atoms with Crippen LogP contribution in [0.25, 0.3) is 0 Å². The van der Waals surface area contributed by atoms with Crippen molar-refractivity contribution in [3.63, 3.8) is 0 Å². The lowest BCUT2D eigenvalue weighted by molar-refractivity contribution is 0.0976. The molecule has 1 heterocycles. The van der Waals surface area contributed by atoms with Crippen molar-refractivity contribution in [3.8, 4) is 0 Å². The Morgan fingerprint density at radius 3 is 2.75 bits per heavy atom. The van der Waals surface area contributed by atoms with Crippen molar-refractivity contribution in [2.45, 2.75) is 6.54 Å². The molecule has 0 aliphatic rings. The molecule has 1 aromatic heterocycles. The fourth-order valence-corrected chi connectivity index (χ4v) is 2.34. The smallest absolute Gasteiger partial charge is 0.258 e. The molecule has 0 radical (unpaired) electrons. The quantitative estimate of drug-likeness (QED) is 0.618. The van der Waals surface area contributed by atoms with E-state index in [1.54, 1.807) is 18.5 Å². The van der Waals surface area contributed by atoms with E-state index in [9.17, 15) is 4.79 Å². The lowest BCUT2D eigenvalue weighted by Crippen LogP contribution is -2.39. The van der Waals surface area contributed by atoms with E-state index in [1.165, 1.54) is 0 Å². The van der Waals surface area contributed by atoms with Crippen LogP contribution in [0.1, 0.15) is 15.9 Å². The van der Waals surface area contributed by atoms with Gasteiger partial charge in [0.2, 0.25) is 0 Å². The van der Waals surface area contributed by atoms with Crippen LogP contribution < -0.4 is 10.6 Å². The van der Waals surface area contributed by atoms with E-state index in [-0.39, 0.29) is 5.91 Å². The molecule has 0 atom stereocenters. The Kier molecular flexibility index (Phi) is 5.42. The number of hydrogen-bond donors (Lipinski definition) is 2. The summed E-state index contributed by atoms with van der Waals surface area (Å²) in [4.78, 5) is 16.0. The zero-order valence-corrected chi connectivity index (χ0v) is 13.4. The monoisotopic (exact) mass is 397 g/mol. The predicted octanol–water partition coefficient (Wildman–Crippen LogP) is 2.49. The minimum absolute atomic E-state index is 0.210. The summed E-state index contributed by atoms with van der Waals surface area (Å²) in [6.07, 6.45) is 3.46. The molecule has 2 N–H and O–H groups in total. The number of halogens is 1. The van der Waals surface area contributed by atoms with Crippen LogP contribution in [0, 0.1) is 3.57 Å². The van der Waals surface area contributed by atoms with Gasteiger partial charge in [-0.25, -0.2) is 0 Å². The summed E-state index contributed by atoms with van der Waals surface area (Å²) in [7, 11) is 0. The van der Waals surface area contributed by atoms with Gasteiger partial charge in [-0.15, -0.1) is 0 Å². The molecular formula is C14H12IN3OS. The van der Waals surface area contributed by atoms with E-state index in [0.717, 1.165) is 9.13 Å². The van der Waals surface area contributed by atoms with Crippen LogP contribution in [0.3, 0.4) is 0 Å².